The van der Waals surface area contributed by atoms with Gasteiger partial charge in [-0.2, -0.15) is 26.3 Å². The Balaban J connectivity index is 1.52. The highest BCUT2D eigenvalue weighted by molar-refractivity contribution is 5.94. The molecule has 2 aromatic carbocycles. The monoisotopic (exact) mass is 464 g/mol. The highest BCUT2D eigenvalue weighted by Gasteiger charge is 2.30. The summed E-state index contributed by atoms with van der Waals surface area (Å²) in [6, 6.07) is 11.8. The summed E-state index contributed by atoms with van der Waals surface area (Å²) in [6.07, 6.45) is -7.48. The molecule has 0 aliphatic carbocycles. The smallest absolute Gasteiger partial charge is 0.348 e. The minimum atomic E-state index is -4.47. The van der Waals surface area contributed by atoms with Crippen molar-refractivity contribution in [2.24, 2.45) is 0 Å². The third-order valence-corrected chi connectivity index (χ3v) is 4.87. The van der Waals surface area contributed by atoms with Gasteiger partial charge in [0, 0.05) is 18.3 Å². The Labute approximate surface area is 182 Å². The van der Waals surface area contributed by atoms with Crippen LogP contribution in [0.3, 0.4) is 0 Å². The number of benzene rings is 2. The standard InChI is InChI=1S/C22H14F6N4O/c23-21(24,25)16-6-1-13(2-7-16)11-29-20(33)15-5-10-18-30-31-19(32(18)12-15)14-3-8-17(9-4-14)22(26,27)28/h1-10,12H,11H2,(H,29,33). The number of amides is 1. The van der Waals surface area contributed by atoms with Gasteiger partial charge in [-0.1, -0.05) is 24.3 Å². The predicted molar refractivity (Wildman–Crippen MR) is 106 cm³/mol. The molecular weight excluding hydrogens is 450 g/mol. The van der Waals surface area contributed by atoms with Gasteiger partial charge in [0.05, 0.1) is 16.7 Å². The average molecular weight is 464 g/mol. The summed E-state index contributed by atoms with van der Waals surface area (Å²) in [5.74, 6) is -0.250. The summed E-state index contributed by atoms with van der Waals surface area (Å²) in [5, 5.41) is 10.6. The second-order valence-electron chi connectivity index (χ2n) is 7.12. The summed E-state index contributed by atoms with van der Waals surface area (Å²) in [5.41, 5.74) is -0.147. The molecule has 11 heteroatoms. The molecule has 33 heavy (non-hydrogen) atoms. The molecule has 5 nitrogen and oxygen atoms in total. The van der Waals surface area contributed by atoms with E-state index in [1.807, 2.05) is 0 Å². The van der Waals surface area contributed by atoms with Crippen LogP contribution in [0, 0.1) is 0 Å². The van der Waals surface area contributed by atoms with E-state index >= 15 is 0 Å². The zero-order chi connectivity index (χ0) is 23.8. The molecule has 0 spiro atoms. The van der Waals surface area contributed by atoms with Crippen molar-refractivity contribution in [3.05, 3.63) is 89.1 Å². The number of halogens is 6. The van der Waals surface area contributed by atoms with Crippen LogP contribution in [0.2, 0.25) is 0 Å². The van der Waals surface area contributed by atoms with Crippen LogP contribution in [-0.4, -0.2) is 20.5 Å². The fraction of sp³-hybridized carbons (Fsp3) is 0.136. The first-order valence-electron chi connectivity index (χ1n) is 9.49. The minimum absolute atomic E-state index is 0.00292. The van der Waals surface area contributed by atoms with E-state index in [1.165, 1.54) is 47.0 Å². The lowest BCUT2D eigenvalue weighted by Gasteiger charge is -2.09. The summed E-state index contributed by atoms with van der Waals surface area (Å²) < 4.78 is 77.8. The van der Waals surface area contributed by atoms with E-state index in [4.69, 9.17) is 0 Å². The average Bonchev–Trinajstić information content (AvgIpc) is 3.20. The molecule has 2 heterocycles. The van der Waals surface area contributed by atoms with Crippen LogP contribution in [0.5, 0.6) is 0 Å². The van der Waals surface area contributed by atoms with Crippen molar-refractivity contribution < 1.29 is 31.1 Å². The van der Waals surface area contributed by atoms with E-state index in [-0.39, 0.29) is 17.9 Å². The Hall–Kier alpha value is -3.89. The van der Waals surface area contributed by atoms with E-state index in [1.54, 1.807) is 0 Å². The number of aromatic nitrogens is 3. The number of nitrogens with zero attached hydrogens (tertiary/aromatic N) is 3. The van der Waals surface area contributed by atoms with Gasteiger partial charge in [0.25, 0.3) is 5.91 Å². The van der Waals surface area contributed by atoms with E-state index in [0.29, 0.717) is 16.8 Å². The third kappa shape index (κ3) is 4.81. The van der Waals surface area contributed by atoms with Crippen LogP contribution in [0.25, 0.3) is 17.0 Å². The molecule has 4 rings (SSSR count). The van der Waals surface area contributed by atoms with Crippen LogP contribution in [-0.2, 0) is 18.9 Å². The molecule has 170 valence electrons. The van der Waals surface area contributed by atoms with E-state index in [9.17, 15) is 31.1 Å². The molecular formula is C22H14F6N4O. The first-order valence-corrected chi connectivity index (χ1v) is 9.49. The number of rotatable bonds is 4. The summed E-state index contributed by atoms with van der Waals surface area (Å²) in [6.45, 7) is 0.00292. The number of alkyl halides is 6. The maximum absolute atomic E-state index is 12.8. The van der Waals surface area contributed by atoms with Crippen molar-refractivity contribution in [1.29, 1.82) is 0 Å². The summed E-state index contributed by atoms with van der Waals surface area (Å²) in [7, 11) is 0. The second kappa shape index (κ2) is 8.23. The highest BCUT2D eigenvalue weighted by Crippen LogP contribution is 2.31. The Morgan fingerprint density at radius 3 is 1.94 bits per heavy atom. The maximum Gasteiger partial charge on any atom is 0.416 e. The van der Waals surface area contributed by atoms with Crippen molar-refractivity contribution in [3.63, 3.8) is 0 Å². The van der Waals surface area contributed by atoms with Gasteiger partial charge in [-0.3, -0.25) is 9.20 Å². The van der Waals surface area contributed by atoms with E-state index < -0.39 is 29.4 Å². The molecule has 0 radical (unpaired) electrons. The highest BCUT2D eigenvalue weighted by atomic mass is 19.4. The molecule has 0 bridgehead atoms. The van der Waals surface area contributed by atoms with Crippen LogP contribution in [0.4, 0.5) is 26.3 Å². The van der Waals surface area contributed by atoms with E-state index in [2.05, 4.69) is 15.5 Å². The summed E-state index contributed by atoms with van der Waals surface area (Å²) in [4.78, 5) is 12.5. The normalized spacial score (nSPS) is 12.2. The van der Waals surface area contributed by atoms with Crippen molar-refractivity contribution >= 4 is 11.6 Å². The first-order chi connectivity index (χ1) is 15.5. The summed E-state index contributed by atoms with van der Waals surface area (Å²) >= 11 is 0. The van der Waals surface area contributed by atoms with Gasteiger partial charge in [0.15, 0.2) is 11.5 Å². The van der Waals surface area contributed by atoms with E-state index in [0.717, 1.165) is 24.3 Å². The Bertz CT molecular complexity index is 1290. The van der Waals surface area contributed by atoms with Gasteiger partial charge < -0.3 is 5.32 Å². The molecule has 0 atom stereocenters. The SMILES string of the molecule is O=C(NCc1ccc(C(F)(F)F)cc1)c1ccc2nnc(-c3ccc(C(F)(F)F)cc3)n2c1. The number of carbonyl (C=O) groups excluding carboxylic acids is 1. The number of pyridine rings is 1. The fourth-order valence-electron chi connectivity index (χ4n) is 3.13. The fourth-order valence-corrected chi connectivity index (χ4v) is 3.13. The molecule has 0 fully saturated rings. The Kier molecular flexibility index (Phi) is 5.56. The zero-order valence-corrected chi connectivity index (χ0v) is 16.6. The number of fused-ring (bicyclic) bond motifs is 1. The third-order valence-electron chi connectivity index (χ3n) is 4.87. The van der Waals surface area contributed by atoms with Gasteiger partial charge in [0.1, 0.15) is 0 Å². The van der Waals surface area contributed by atoms with Crippen molar-refractivity contribution in [2.75, 3.05) is 0 Å². The second-order valence-corrected chi connectivity index (χ2v) is 7.12. The largest absolute Gasteiger partial charge is 0.416 e. The van der Waals surface area contributed by atoms with Crippen molar-refractivity contribution in [2.45, 2.75) is 18.9 Å². The van der Waals surface area contributed by atoms with Crippen LogP contribution in [0.1, 0.15) is 27.0 Å². The molecule has 1 amide bonds. The molecule has 2 aromatic heterocycles. The zero-order valence-electron chi connectivity index (χ0n) is 16.6. The molecule has 0 saturated heterocycles. The van der Waals surface area contributed by atoms with Gasteiger partial charge in [-0.25, -0.2) is 0 Å². The Morgan fingerprint density at radius 1 is 0.788 bits per heavy atom. The minimum Gasteiger partial charge on any atom is -0.348 e. The predicted octanol–water partition coefficient (Wildman–Crippen LogP) is 5.36. The molecule has 0 aliphatic rings. The van der Waals surface area contributed by atoms with Gasteiger partial charge in [-0.15, -0.1) is 10.2 Å². The van der Waals surface area contributed by atoms with Crippen LogP contribution < -0.4 is 5.32 Å². The molecule has 0 saturated carbocycles. The molecule has 0 unspecified atom stereocenters. The van der Waals surface area contributed by atoms with Gasteiger partial charge >= 0.3 is 12.4 Å². The van der Waals surface area contributed by atoms with Crippen LogP contribution >= 0.6 is 0 Å². The lowest BCUT2D eigenvalue weighted by molar-refractivity contribution is -0.138. The molecule has 0 aliphatic heterocycles. The van der Waals surface area contributed by atoms with Crippen LogP contribution in [0.15, 0.2) is 66.9 Å². The number of hydrogen-bond acceptors (Lipinski definition) is 3. The quantitative estimate of drug-likeness (QED) is 0.414. The molecule has 4 aromatic rings. The topological polar surface area (TPSA) is 59.3 Å². The number of nitrogens with one attached hydrogen (secondary N) is 1. The molecule has 1 N–H and O–H groups in total. The van der Waals surface area contributed by atoms with Crippen molar-refractivity contribution in [1.82, 2.24) is 19.9 Å². The van der Waals surface area contributed by atoms with Gasteiger partial charge in [0.2, 0.25) is 0 Å². The lowest BCUT2D eigenvalue weighted by Crippen LogP contribution is -2.23. The Morgan fingerprint density at radius 2 is 1.36 bits per heavy atom. The number of hydrogen-bond donors (Lipinski definition) is 1. The number of carbonyl (C=O) groups is 1. The van der Waals surface area contributed by atoms with Gasteiger partial charge in [-0.05, 0) is 42.0 Å². The first kappa shape index (κ1) is 22.3. The lowest BCUT2D eigenvalue weighted by atomic mass is 10.1. The maximum atomic E-state index is 12.8. The van der Waals surface area contributed by atoms with Crippen molar-refractivity contribution in [3.8, 4) is 11.4 Å².